The van der Waals surface area contributed by atoms with Crippen LogP contribution in [0.5, 0.6) is 0 Å². The Balaban J connectivity index is 4.99. The molecule has 2 atom stereocenters. The van der Waals surface area contributed by atoms with E-state index in [0.717, 1.165) is 10.8 Å². The molecule has 0 rings (SSSR count). The summed E-state index contributed by atoms with van der Waals surface area (Å²) in [6.07, 6.45) is 1.38. The van der Waals surface area contributed by atoms with E-state index in [4.69, 9.17) is 4.43 Å². The lowest BCUT2D eigenvalue weighted by molar-refractivity contribution is 0.159. The van der Waals surface area contributed by atoms with E-state index in [1.54, 1.807) is 0 Å². The van der Waals surface area contributed by atoms with E-state index in [1.807, 2.05) is 0 Å². The molecule has 0 unspecified atom stereocenters. The van der Waals surface area contributed by atoms with Crippen LogP contribution in [0.25, 0.3) is 0 Å². The molecule has 0 amide bonds. The maximum absolute atomic E-state index is 6.53. The summed E-state index contributed by atoms with van der Waals surface area (Å²) in [6.45, 7) is 20.7. The second-order valence-electron chi connectivity index (χ2n) is 8.19. The fourth-order valence-corrected chi connectivity index (χ4v) is 4.31. The lowest BCUT2D eigenvalue weighted by Crippen LogP contribution is -2.45. The Morgan fingerprint density at radius 1 is 1.10 bits per heavy atom. The van der Waals surface area contributed by atoms with Crippen LogP contribution in [-0.4, -0.2) is 26.9 Å². The highest BCUT2D eigenvalue weighted by atomic mass is 127. The highest BCUT2D eigenvalue weighted by Crippen LogP contribution is 2.38. The molecule has 0 saturated carbocycles. The van der Waals surface area contributed by atoms with Crippen molar-refractivity contribution in [3.63, 3.8) is 0 Å². The largest absolute Gasteiger partial charge is 0.413 e. The predicted octanol–water partition coefficient (Wildman–Crippen LogP) is 5.72. The molecule has 0 aliphatic rings. The van der Waals surface area contributed by atoms with Gasteiger partial charge in [0.05, 0.1) is 6.10 Å². The number of hydrogen-bond acceptors (Lipinski definition) is 1. The third-order valence-corrected chi connectivity index (χ3v) is 10.00. The maximum Gasteiger partial charge on any atom is 0.192 e. The Morgan fingerprint density at radius 2 is 1.60 bits per heavy atom. The lowest BCUT2D eigenvalue weighted by atomic mass is 10.0. The van der Waals surface area contributed by atoms with Crippen LogP contribution in [0.1, 0.15) is 34.1 Å². The Kier molecular flexibility index (Phi) is 8.06. The average molecular weight is 425 g/mol. The van der Waals surface area contributed by atoms with Crippen LogP contribution in [0.4, 0.5) is 0 Å². The number of hydrogen-bond donors (Lipinski definition) is 0. The van der Waals surface area contributed by atoms with E-state index in [1.165, 1.54) is 0 Å². The van der Waals surface area contributed by atoms with Crippen molar-refractivity contribution in [2.75, 3.05) is 4.43 Å². The molecule has 1 nitrogen and oxygen atoms in total. The summed E-state index contributed by atoms with van der Waals surface area (Å²) in [5.41, 5.74) is 3.53. The molecule has 0 aromatic rings. The topological polar surface area (TPSA) is 9.23 Å². The van der Waals surface area contributed by atoms with Gasteiger partial charge in [0, 0.05) is 10.3 Å². The third-order valence-electron chi connectivity index (χ3n) is 3.91. The smallest absolute Gasteiger partial charge is 0.192 e. The van der Waals surface area contributed by atoms with Crippen LogP contribution >= 0.6 is 22.6 Å². The minimum absolute atomic E-state index is 0.245. The van der Waals surface area contributed by atoms with Gasteiger partial charge in [-0.05, 0) is 31.5 Å². The van der Waals surface area contributed by atoms with Gasteiger partial charge < -0.3 is 4.43 Å². The molecule has 0 aliphatic heterocycles. The van der Waals surface area contributed by atoms with Gasteiger partial charge in [-0.25, -0.2) is 0 Å². The summed E-state index contributed by atoms with van der Waals surface area (Å²) in [5, 5.41) is 0.266. The summed E-state index contributed by atoms with van der Waals surface area (Å²) in [4.78, 5) is 0. The van der Waals surface area contributed by atoms with Crippen molar-refractivity contribution in [3.05, 3.63) is 0 Å². The first-order valence-corrected chi connectivity index (χ1v) is 15.5. The van der Waals surface area contributed by atoms with E-state index in [-0.39, 0.29) is 11.1 Å². The van der Waals surface area contributed by atoms with Gasteiger partial charge in [-0.1, -0.05) is 63.0 Å². The molecular weight excluding hydrogens is 391 g/mol. The lowest BCUT2D eigenvalue weighted by Gasteiger charge is -2.39. The molecule has 0 spiro atoms. The Hall–Kier alpha value is 0.684. The molecule has 0 saturated heterocycles. The van der Waals surface area contributed by atoms with E-state index in [0.29, 0.717) is 5.92 Å². The molecule has 0 aromatic carbocycles. The SMILES string of the molecule is C[C@@H](O[Si](C)(C)C(C)(C)C)[C@@H](C#C[Si](C)(C)C)CCI. The third kappa shape index (κ3) is 7.62. The van der Waals surface area contributed by atoms with Gasteiger partial charge in [0.25, 0.3) is 0 Å². The first-order valence-electron chi connectivity index (χ1n) is 7.56. The minimum Gasteiger partial charge on any atom is -0.413 e. The first kappa shape index (κ1) is 20.7. The Labute approximate surface area is 142 Å². The van der Waals surface area contributed by atoms with E-state index in [2.05, 4.69) is 94.5 Å². The zero-order valence-corrected chi connectivity index (χ0v) is 19.0. The summed E-state index contributed by atoms with van der Waals surface area (Å²) >= 11 is 2.45. The Morgan fingerprint density at radius 3 is 1.95 bits per heavy atom. The normalized spacial score (nSPS) is 16.3. The van der Waals surface area contributed by atoms with Crippen molar-refractivity contribution in [3.8, 4) is 11.5 Å². The van der Waals surface area contributed by atoms with E-state index < -0.39 is 16.4 Å². The molecule has 118 valence electrons. The zero-order chi connectivity index (χ0) is 16.2. The van der Waals surface area contributed by atoms with Gasteiger partial charge in [-0.2, -0.15) is 0 Å². The molecule has 0 N–H and O–H groups in total. The molecule has 0 fully saturated rings. The van der Waals surface area contributed by atoms with Gasteiger partial charge in [0.1, 0.15) is 8.07 Å². The van der Waals surface area contributed by atoms with Crippen molar-refractivity contribution in [1.82, 2.24) is 0 Å². The summed E-state index contributed by atoms with van der Waals surface area (Å²) in [6, 6.07) is 0. The highest BCUT2D eigenvalue weighted by molar-refractivity contribution is 14.1. The summed E-state index contributed by atoms with van der Waals surface area (Å²) < 4.78 is 7.68. The van der Waals surface area contributed by atoms with Gasteiger partial charge in [0.15, 0.2) is 8.32 Å². The standard InChI is InChI=1S/C16H33IOSi2/c1-14(18-20(8,9)16(2,3)4)15(10-12-17)11-13-19(5,6)7/h14-15H,10,12H2,1-9H3/t14-,15-/m1/s1. The zero-order valence-electron chi connectivity index (χ0n) is 14.9. The highest BCUT2D eigenvalue weighted by Gasteiger charge is 2.39. The van der Waals surface area contributed by atoms with E-state index in [9.17, 15) is 0 Å². The van der Waals surface area contributed by atoms with Gasteiger partial charge in [-0.3, -0.25) is 0 Å². The fraction of sp³-hybridized carbons (Fsp3) is 0.875. The predicted molar refractivity (Wildman–Crippen MR) is 106 cm³/mol. The number of halogens is 1. The number of alkyl halides is 1. The van der Waals surface area contributed by atoms with Crippen LogP contribution in [0.2, 0.25) is 37.8 Å². The van der Waals surface area contributed by atoms with Crippen molar-refractivity contribution in [2.24, 2.45) is 5.92 Å². The van der Waals surface area contributed by atoms with Crippen LogP contribution in [0.15, 0.2) is 0 Å². The maximum atomic E-state index is 6.53. The number of rotatable bonds is 5. The molecule has 0 bridgehead atoms. The van der Waals surface area contributed by atoms with Crippen molar-refractivity contribution in [2.45, 2.75) is 78.0 Å². The Bertz CT molecular complexity index is 355. The van der Waals surface area contributed by atoms with Gasteiger partial charge >= 0.3 is 0 Å². The second kappa shape index (κ2) is 7.80. The van der Waals surface area contributed by atoms with Crippen molar-refractivity contribution in [1.29, 1.82) is 0 Å². The summed E-state index contributed by atoms with van der Waals surface area (Å²) in [5.74, 6) is 3.92. The average Bonchev–Trinajstić information content (AvgIpc) is 2.20. The molecule has 0 aromatic heterocycles. The molecule has 0 radical (unpaired) electrons. The van der Waals surface area contributed by atoms with Gasteiger partial charge in [0.2, 0.25) is 0 Å². The molecular formula is C16H33IOSi2. The first-order chi connectivity index (χ1) is 8.80. The minimum atomic E-state index is -1.69. The summed E-state index contributed by atoms with van der Waals surface area (Å²) in [7, 11) is -2.99. The van der Waals surface area contributed by atoms with Crippen LogP contribution in [0, 0.1) is 17.4 Å². The van der Waals surface area contributed by atoms with Crippen molar-refractivity contribution >= 4 is 39.0 Å². The quantitative estimate of drug-likeness (QED) is 0.237. The molecule has 0 aliphatic carbocycles. The molecule has 0 heterocycles. The monoisotopic (exact) mass is 424 g/mol. The van der Waals surface area contributed by atoms with E-state index >= 15 is 0 Å². The van der Waals surface area contributed by atoms with Crippen molar-refractivity contribution < 1.29 is 4.43 Å². The molecule has 20 heavy (non-hydrogen) atoms. The fourth-order valence-electron chi connectivity index (χ4n) is 1.57. The molecule has 4 heteroatoms. The van der Waals surface area contributed by atoms with Crippen LogP contribution in [0.3, 0.4) is 0 Å². The van der Waals surface area contributed by atoms with Crippen LogP contribution in [-0.2, 0) is 4.43 Å². The second-order valence-corrected chi connectivity index (χ2v) is 18.8. The van der Waals surface area contributed by atoms with Crippen LogP contribution < -0.4 is 0 Å². The van der Waals surface area contributed by atoms with Gasteiger partial charge in [-0.15, -0.1) is 11.5 Å².